The average Bonchev–Trinajstić information content (AvgIpc) is 2.46. The van der Waals surface area contributed by atoms with Crippen LogP contribution in [-0.2, 0) is 14.4 Å². The van der Waals surface area contributed by atoms with Crippen LogP contribution in [0.25, 0.3) is 10.4 Å². The van der Waals surface area contributed by atoms with Gasteiger partial charge in [-0.2, -0.15) is 0 Å². The van der Waals surface area contributed by atoms with Gasteiger partial charge < -0.3 is 4.84 Å². The third-order valence-electron chi connectivity index (χ3n) is 2.34. The van der Waals surface area contributed by atoms with Crippen molar-refractivity contribution in [3.8, 4) is 0 Å². The Bertz CT molecular complexity index is 718. The SMILES string of the molecule is CC(=O)N(OC(=O)c1c(F)c(F)c(N=[N+]=[N-])c(F)c1F)C(C)=O. The highest BCUT2D eigenvalue weighted by Crippen LogP contribution is 2.30. The summed E-state index contributed by atoms with van der Waals surface area (Å²) >= 11 is 0. The molecule has 122 valence electrons. The first kappa shape index (κ1) is 17.9. The van der Waals surface area contributed by atoms with Crippen LogP contribution in [0.4, 0.5) is 23.2 Å². The van der Waals surface area contributed by atoms with E-state index in [1.54, 1.807) is 0 Å². The van der Waals surface area contributed by atoms with E-state index >= 15 is 0 Å². The topological polar surface area (TPSA) is 112 Å². The summed E-state index contributed by atoms with van der Waals surface area (Å²) in [6, 6.07) is 0. The van der Waals surface area contributed by atoms with Gasteiger partial charge in [-0.3, -0.25) is 9.59 Å². The standard InChI is InChI=1S/C11H6F4N4O4/c1-3(20)19(4(2)21)23-11(22)5-6(12)8(14)10(17-18-16)9(15)7(5)13/h1-2H3. The van der Waals surface area contributed by atoms with Crippen LogP contribution in [0.2, 0.25) is 0 Å². The number of benzene rings is 1. The van der Waals surface area contributed by atoms with Crippen molar-refractivity contribution in [2.45, 2.75) is 13.8 Å². The van der Waals surface area contributed by atoms with E-state index in [-0.39, 0.29) is 5.06 Å². The van der Waals surface area contributed by atoms with E-state index in [0.29, 0.717) is 0 Å². The Balaban J connectivity index is 3.44. The molecule has 0 aromatic heterocycles. The van der Waals surface area contributed by atoms with Crippen LogP contribution in [0.1, 0.15) is 24.2 Å². The highest BCUT2D eigenvalue weighted by molar-refractivity contribution is 5.96. The van der Waals surface area contributed by atoms with Gasteiger partial charge in [0, 0.05) is 18.8 Å². The van der Waals surface area contributed by atoms with Crippen LogP contribution in [0.15, 0.2) is 5.11 Å². The van der Waals surface area contributed by atoms with Crippen LogP contribution in [0.5, 0.6) is 0 Å². The normalized spacial score (nSPS) is 9.83. The molecule has 0 radical (unpaired) electrons. The Kier molecular flexibility index (Phi) is 5.25. The first-order chi connectivity index (χ1) is 10.6. The number of carbonyl (C=O) groups excluding carboxylic acids is 3. The maximum atomic E-state index is 13.7. The first-order valence-electron chi connectivity index (χ1n) is 5.58. The van der Waals surface area contributed by atoms with Gasteiger partial charge in [-0.25, -0.2) is 22.4 Å². The zero-order chi connectivity index (χ0) is 17.9. The molecule has 0 bridgehead atoms. The van der Waals surface area contributed by atoms with Crippen molar-refractivity contribution in [2.75, 3.05) is 0 Å². The van der Waals surface area contributed by atoms with Gasteiger partial charge in [-0.05, 0) is 5.53 Å². The molecule has 1 rings (SSSR count). The Morgan fingerprint density at radius 3 is 1.78 bits per heavy atom. The number of carbonyl (C=O) groups is 3. The lowest BCUT2D eigenvalue weighted by Crippen LogP contribution is -2.36. The van der Waals surface area contributed by atoms with Crippen molar-refractivity contribution in [3.63, 3.8) is 0 Å². The second-order valence-electron chi connectivity index (χ2n) is 3.88. The molecule has 0 N–H and O–H groups in total. The minimum Gasteiger partial charge on any atom is -0.325 e. The van der Waals surface area contributed by atoms with Crippen molar-refractivity contribution in [2.24, 2.45) is 5.11 Å². The van der Waals surface area contributed by atoms with Gasteiger partial charge in [0.15, 0.2) is 23.3 Å². The summed E-state index contributed by atoms with van der Waals surface area (Å²) in [5, 5.41) is 2.26. The van der Waals surface area contributed by atoms with E-state index in [9.17, 15) is 31.9 Å². The fraction of sp³-hybridized carbons (Fsp3) is 0.182. The molecule has 0 fully saturated rings. The lowest BCUT2D eigenvalue weighted by atomic mass is 10.1. The molecule has 0 spiro atoms. The molecule has 1 aromatic rings. The third-order valence-corrected chi connectivity index (χ3v) is 2.34. The average molecular weight is 334 g/mol. The molecule has 0 saturated heterocycles. The molecule has 0 aliphatic heterocycles. The van der Waals surface area contributed by atoms with Crippen LogP contribution >= 0.6 is 0 Å². The van der Waals surface area contributed by atoms with Gasteiger partial charge >= 0.3 is 5.97 Å². The molecule has 23 heavy (non-hydrogen) atoms. The second-order valence-corrected chi connectivity index (χ2v) is 3.88. The number of imide groups is 1. The lowest BCUT2D eigenvalue weighted by Gasteiger charge is -2.16. The second kappa shape index (κ2) is 6.75. The van der Waals surface area contributed by atoms with Crippen molar-refractivity contribution in [3.05, 3.63) is 39.3 Å². The fourth-order valence-electron chi connectivity index (χ4n) is 1.41. The fourth-order valence-corrected chi connectivity index (χ4v) is 1.41. The molecule has 12 heteroatoms. The molecule has 0 unspecified atom stereocenters. The van der Waals surface area contributed by atoms with E-state index in [4.69, 9.17) is 5.53 Å². The summed E-state index contributed by atoms with van der Waals surface area (Å²) in [7, 11) is 0. The van der Waals surface area contributed by atoms with E-state index in [2.05, 4.69) is 9.95 Å². The van der Waals surface area contributed by atoms with Gasteiger partial charge in [0.25, 0.3) is 11.8 Å². The molecular weight excluding hydrogens is 328 g/mol. The lowest BCUT2D eigenvalue weighted by molar-refractivity contribution is -0.177. The number of hydrogen-bond donors (Lipinski definition) is 0. The van der Waals surface area contributed by atoms with Gasteiger partial charge in [0.2, 0.25) is 0 Å². The van der Waals surface area contributed by atoms with Crippen molar-refractivity contribution in [1.82, 2.24) is 5.06 Å². The van der Waals surface area contributed by atoms with E-state index in [1.165, 1.54) is 0 Å². The highest BCUT2D eigenvalue weighted by atomic mass is 19.2. The van der Waals surface area contributed by atoms with Crippen LogP contribution in [0, 0.1) is 23.3 Å². The number of halogens is 4. The van der Waals surface area contributed by atoms with Crippen molar-refractivity contribution >= 4 is 23.5 Å². The zero-order valence-electron chi connectivity index (χ0n) is 11.4. The summed E-state index contributed by atoms with van der Waals surface area (Å²) in [5.74, 6) is -13.0. The summed E-state index contributed by atoms with van der Waals surface area (Å²) < 4.78 is 54.4. The predicted molar refractivity (Wildman–Crippen MR) is 63.7 cm³/mol. The highest BCUT2D eigenvalue weighted by Gasteiger charge is 2.32. The van der Waals surface area contributed by atoms with Crippen molar-refractivity contribution < 1.29 is 36.8 Å². The third kappa shape index (κ3) is 3.37. The summed E-state index contributed by atoms with van der Waals surface area (Å²) in [6.45, 7) is 1.57. The predicted octanol–water partition coefficient (Wildman–Crippen LogP) is 2.65. The summed E-state index contributed by atoms with van der Waals surface area (Å²) in [6.07, 6.45) is 0. The number of hydroxylamine groups is 2. The number of rotatable bonds is 2. The van der Waals surface area contributed by atoms with Crippen LogP contribution in [0.3, 0.4) is 0 Å². The Morgan fingerprint density at radius 1 is 1.00 bits per heavy atom. The quantitative estimate of drug-likeness (QED) is 0.207. The number of nitrogens with zero attached hydrogens (tertiary/aromatic N) is 4. The molecule has 2 amide bonds. The van der Waals surface area contributed by atoms with E-state index in [0.717, 1.165) is 13.8 Å². The minimum absolute atomic E-state index is 0.168. The number of hydrogen-bond acceptors (Lipinski definition) is 5. The van der Waals surface area contributed by atoms with E-state index < -0.39 is 52.3 Å². The Hall–Kier alpha value is -3.14. The van der Waals surface area contributed by atoms with Gasteiger partial charge in [0.05, 0.1) is 0 Å². The molecular formula is C11H6F4N4O4. The molecule has 0 aliphatic rings. The largest absolute Gasteiger partial charge is 0.370 e. The molecule has 0 atom stereocenters. The first-order valence-corrected chi connectivity index (χ1v) is 5.58. The van der Waals surface area contributed by atoms with Crippen LogP contribution in [-0.4, -0.2) is 22.8 Å². The van der Waals surface area contributed by atoms with Crippen molar-refractivity contribution in [1.29, 1.82) is 0 Å². The van der Waals surface area contributed by atoms with Crippen LogP contribution < -0.4 is 0 Å². The molecule has 0 aliphatic carbocycles. The monoisotopic (exact) mass is 334 g/mol. The molecule has 0 heterocycles. The van der Waals surface area contributed by atoms with E-state index in [1.807, 2.05) is 4.91 Å². The Labute approximate surface area is 124 Å². The maximum Gasteiger partial charge on any atom is 0.370 e. The summed E-state index contributed by atoms with van der Waals surface area (Å²) in [4.78, 5) is 39.7. The smallest absolute Gasteiger partial charge is 0.325 e. The maximum absolute atomic E-state index is 13.7. The van der Waals surface area contributed by atoms with Gasteiger partial charge in [0.1, 0.15) is 11.3 Å². The molecule has 8 nitrogen and oxygen atoms in total. The zero-order valence-corrected chi connectivity index (χ0v) is 11.4. The molecule has 1 aromatic carbocycles. The Morgan fingerprint density at radius 2 is 1.43 bits per heavy atom. The molecule has 0 saturated carbocycles. The minimum atomic E-state index is -2.22. The number of azide groups is 1. The summed E-state index contributed by atoms with van der Waals surface area (Å²) in [5.41, 5.74) is 4.60. The van der Waals surface area contributed by atoms with Gasteiger partial charge in [-0.1, -0.05) is 5.11 Å². The van der Waals surface area contributed by atoms with Gasteiger partial charge in [-0.15, -0.1) is 5.06 Å². The number of amides is 2.